The van der Waals surface area contributed by atoms with E-state index in [1.54, 1.807) is 0 Å². The monoisotopic (exact) mass is 228 g/mol. The highest BCUT2D eigenvalue weighted by molar-refractivity contribution is 5.76. The van der Waals surface area contributed by atoms with Gasteiger partial charge in [-0.3, -0.25) is 4.79 Å². The molecule has 3 heteroatoms. The van der Waals surface area contributed by atoms with Crippen molar-refractivity contribution in [1.82, 2.24) is 4.90 Å². The van der Waals surface area contributed by atoms with Crippen LogP contribution in [-0.4, -0.2) is 29.9 Å². The molecule has 96 valence electrons. The van der Waals surface area contributed by atoms with Crippen molar-refractivity contribution in [3.63, 3.8) is 0 Å². The van der Waals surface area contributed by atoms with Gasteiger partial charge >= 0.3 is 0 Å². The minimum Gasteiger partial charge on any atom is -0.341 e. The van der Waals surface area contributed by atoms with Gasteiger partial charge in [-0.15, -0.1) is 0 Å². The lowest BCUT2D eigenvalue weighted by atomic mass is 9.93. The number of hydrogen-bond acceptors (Lipinski definition) is 2. The van der Waals surface area contributed by atoms with Gasteiger partial charge in [0.2, 0.25) is 5.91 Å². The molecule has 0 rings (SSSR count). The number of carbonyl (C=O) groups is 1. The van der Waals surface area contributed by atoms with Crippen molar-refractivity contribution in [1.29, 1.82) is 0 Å². The van der Waals surface area contributed by atoms with Gasteiger partial charge in [-0.25, -0.2) is 0 Å². The Bertz CT molecular complexity index is 202. The van der Waals surface area contributed by atoms with Crippen LogP contribution in [0.1, 0.15) is 47.5 Å². The maximum absolute atomic E-state index is 12.0. The summed E-state index contributed by atoms with van der Waals surface area (Å²) in [7, 11) is 0. The first-order valence-electron chi connectivity index (χ1n) is 6.41. The Kier molecular flexibility index (Phi) is 7.39. The van der Waals surface area contributed by atoms with Crippen molar-refractivity contribution >= 4 is 5.91 Å². The van der Waals surface area contributed by atoms with E-state index in [1.807, 2.05) is 11.8 Å². The fraction of sp³-hybridized carbons (Fsp3) is 0.923. The fourth-order valence-electron chi connectivity index (χ4n) is 2.12. The molecule has 16 heavy (non-hydrogen) atoms. The first-order valence-corrected chi connectivity index (χ1v) is 6.41. The van der Waals surface area contributed by atoms with Crippen LogP contribution in [0.4, 0.5) is 0 Å². The molecule has 0 fully saturated rings. The highest BCUT2D eigenvalue weighted by Crippen LogP contribution is 2.16. The van der Waals surface area contributed by atoms with Gasteiger partial charge in [0.05, 0.1) is 0 Å². The first-order chi connectivity index (χ1) is 7.42. The zero-order valence-corrected chi connectivity index (χ0v) is 11.5. The summed E-state index contributed by atoms with van der Waals surface area (Å²) in [5, 5.41) is 0. The maximum Gasteiger partial charge on any atom is 0.223 e. The Labute approximate surface area is 100 Å². The van der Waals surface area contributed by atoms with Crippen LogP contribution in [0.15, 0.2) is 0 Å². The summed E-state index contributed by atoms with van der Waals surface area (Å²) < 4.78 is 0. The second-order valence-electron chi connectivity index (χ2n) is 5.21. The van der Waals surface area contributed by atoms with Gasteiger partial charge < -0.3 is 10.6 Å². The molecule has 0 saturated carbocycles. The molecule has 0 spiro atoms. The van der Waals surface area contributed by atoms with E-state index in [9.17, 15) is 4.79 Å². The number of carbonyl (C=O) groups excluding carboxylic acids is 1. The molecule has 0 aromatic heterocycles. The lowest BCUT2D eigenvalue weighted by molar-refractivity contribution is -0.133. The summed E-state index contributed by atoms with van der Waals surface area (Å²) >= 11 is 0. The predicted molar refractivity (Wildman–Crippen MR) is 69.1 cm³/mol. The molecule has 0 aliphatic rings. The van der Waals surface area contributed by atoms with Crippen LogP contribution < -0.4 is 5.73 Å². The van der Waals surface area contributed by atoms with E-state index >= 15 is 0 Å². The minimum absolute atomic E-state index is 0.244. The fourth-order valence-corrected chi connectivity index (χ4v) is 2.12. The summed E-state index contributed by atoms with van der Waals surface area (Å²) in [6.07, 6.45) is 1.64. The van der Waals surface area contributed by atoms with Crippen LogP contribution in [-0.2, 0) is 4.79 Å². The van der Waals surface area contributed by atoms with Crippen LogP contribution in [0.3, 0.4) is 0 Å². The van der Waals surface area contributed by atoms with Crippen LogP contribution in [0, 0.1) is 11.8 Å². The van der Waals surface area contributed by atoms with Gasteiger partial charge in [0, 0.05) is 19.0 Å². The molecular weight excluding hydrogens is 200 g/mol. The van der Waals surface area contributed by atoms with Gasteiger partial charge in [-0.1, -0.05) is 13.8 Å². The molecule has 0 saturated heterocycles. The second-order valence-corrected chi connectivity index (χ2v) is 5.21. The molecule has 1 amide bonds. The average Bonchev–Trinajstić information content (AvgIpc) is 2.16. The lowest BCUT2D eigenvalue weighted by Gasteiger charge is -2.27. The third-order valence-corrected chi connectivity index (χ3v) is 2.89. The van der Waals surface area contributed by atoms with Crippen molar-refractivity contribution < 1.29 is 4.79 Å². The Morgan fingerprint density at radius 2 is 1.81 bits per heavy atom. The molecule has 0 aliphatic carbocycles. The topological polar surface area (TPSA) is 46.3 Å². The van der Waals surface area contributed by atoms with Gasteiger partial charge in [0.1, 0.15) is 0 Å². The van der Waals surface area contributed by atoms with Gasteiger partial charge in [0.25, 0.3) is 0 Å². The van der Waals surface area contributed by atoms with Crippen LogP contribution in [0.25, 0.3) is 0 Å². The van der Waals surface area contributed by atoms with Crippen LogP contribution >= 0.6 is 0 Å². The number of hydrogen-bond donors (Lipinski definition) is 1. The number of nitrogens with two attached hydrogens (primary N) is 1. The molecule has 1 atom stereocenters. The third-order valence-electron chi connectivity index (χ3n) is 2.89. The van der Waals surface area contributed by atoms with Crippen molar-refractivity contribution in [3.8, 4) is 0 Å². The van der Waals surface area contributed by atoms with E-state index in [2.05, 4.69) is 27.7 Å². The van der Waals surface area contributed by atoms with Crippen LogP contribution in [0.5, 0.6) is 0 Å². The van der Waals surface area contributed by atoms with Crippen molar-refractivity contribution in [2.45, 2.75) is 53.5 Å². The number of nitrogens with zero attached hydrogens (tertiary/aromatic N) is 1. The summed E-state index contributed by atoms with van der Waals surface area (Å²) in [4.78, 5) is 14.0. The molecule has 0 heterocycles. The van der Waals surface area contributed by atoms with Gasteiger partial charge in [-0.2, -0.15) is 0 Å². The number of amides is 1. The average molecular weight is 228 g/mol. The molecule has 0 aromatic carbocycles. The van der Waals surface area contributed by atoms with Gasteiger partial charge in [0.15, 0.2) is 0 Å². The quantitative estimate of drug-likeness (QED) is 0.726. The lowest BCUT2D eigenvalue weighted by Crippen LogP contribution is -2.38. The van der Waals surface area contributed by atoms with E-state index in [0.29, 0.717) is 24.8 Å². The Morgan fingerprint density at radius 3 is 2.12 bits per heavy atom. The Balaban J connectivity index is 4.27. The molecule has 0 bridgehead atoms. The highest BCUT2D eigenvalue weighted by atomic mass is 16.2. The van der Waals surface area contributed by atoms with E-state index in [4.69, 9.17) is 5.73 Å². The van der Waals surface area contributed by atoms with Crippen molar-refractivity contribution in [2.24, 2.45) is 17.6 Å². The number of rotatable bonds is 7. The third kappa shape index (κ3) is 5.50. The molecule has 0 aromatic rings. The van der Waals surface area contributed by atoms with Crippen molar-refractivity contribution in [3.05, 3.63) is 0 Å². The molecule has 3 nitrogen and oxygen atoms in total. The minimum atomic E-state index is 0.244. The molecule has 1 unspecified atom stereocenters. The zero-order chi connectivity index (χ0) is 12.7. The van der Waals surface area contributed by atoms with E-state index in [-0.39, 0.29) is 11.9 Å². The second kappa shape index (κ2) is 7.66. The SMILES string of the molecule is CCN(C(=O)CC(CN)CC(C)C)C(C)C. The summed E-state index contributed by atoms with van der Waals surface area (Å²) in [5.74, 6) is 1.18. The molecule has 2 N–H and O–H groups in total. The van der Waals surface area contributed by atoms with E-state index in [0.717, 1.165) is 13.0 Å². The Hall–Kier alpha value is -0.570. The Morgan fingerprint density at radius 1 is 1.25 bits per heavy atom. The normalized spacial score (nSPS) is 13.2. The maximum atomic E-state index is 12.0. The van der Waals surface area contributed by atoms with E-state index < -0.39 is 0 Å². The van der Waals surface area contributed by atoms with Gasteiger partial charge in [-0.05, 0) is 45.6 Å². The molecule has 0 radical (unpaired) electrons. The summed E-state index contributed by atoms with van der Waals surface area (Å²) in [6.45, 7) is 11.9. The standard InChI is InChI=1S/C13H28N2O/c1-6-15(11(4)5)13(16)8-12(9-14)7-10(2)3/h10-12H,6-9,14H2,1-5H3. The van der Waals surface area contributed by atoms with E-state index in [1.165, 1.54) is 0 Å². The first kappa shape index (κ1) is 15.4. The van der Waals surface area contributed by atoms with Crippen molar-refractivity contribution in [2.75, 3.05) is 13.1 Å². The molecule has 0 aliphatic heterocycles. The predicted octanol–water partition coefficient (Wildman–Crippen LogP) is 2.25. The summed E-state index contributed by atoms with van der Waals surface area (Å²) in [6, 6.07) is 0.287. The highest BCUT2D eigenvalue weighted by Gasteiger charge is 2.19. The smallest absolute Gasteiger partial charge is 0.223 e. The summed E-state index contributed by atoms with van der Waals surface area (Å²) in [5.41, 5.74) is 5.72. The molecular formula is C13H28N2O. The zero-order valence-electron chi connectivity index (χ0n) is 11.5. The van der Waals surface area contributed by atoms with Crippen LogP contribution in [0.2, 0.25) is 0 Å². The largest absolute Gasteiger partial charge is 0.341 e.